The number of benzene rings is 1. The van der Waals surface area contributed by atoms with Crippen LogP contribution < -0.4 is 15.6 Å². The van der Waals surface area contributed by atoms with E-state index in [0.717, 1.165) is 41.0 Å². The number of aromatic nitrogens is 1. The van der Waals surface area contributed by atoms with Crippen molar-refractivity contribution < 1.29 is 14.3 Å². The molecule has 182 valence electrons. The molecule has 0 unspecified atom stereocenters. The number of fused-ring (bicyclic) bond motifs is 1. The van der Waals surface area contributed by atoms with Crippen LogP contribution in [0.2, 0.25) is 0 Å². The highest BCUT2D eigenvalue weighted by Crippen LogP contribution is 2.29. The number of hydrogen-bond acceptors (Lipinski definition) is 7. The first-order chi connectivity index (χ1) is 16.2. The van der Waals surface area contributed by atoms with Gasteiger partial charge in [-0.25, -0.2) is 9.79 Å². The summed E-state index contributed by atoms with van der Waals surface area (Å²) < 4.78 is 7.45. The van der Waals surface area contributed by atoms with E-state index >= 15 is 0 Å². The van der Waals surface area contributed by atoms with Crippen molar-refractivity contribution in [2.45, 2.75) is 46.2 Å². The number of hydrogen-bond donors (Lipinski definition) is 2. The lowest BCUT2D eigenvalue weighted by Crippen LogP contribution is -2.41. The number of carbonyl (C=O) groups is 2. The van der Waals surface area contributed by atoms with Gasteiger partial charge in [-0.2, -0.15) is 0 Å². The van der Waals surface area contributed by atoms with Gasteiger partial charge in [-0.1, -0.05) is 6.07 Å². The van der Waals surface area contributed by atoms with E-state index in [9.17, 15) is 9.59 Å². The molecule has 0 bridgehead atoms. The third kappa shape index (κ3) is 4.65. The molecule has 1 amide bonds. The molecule has 4 rings (SSSR count). The fourth-order valence-electron chi connectivity index (χ4n) is 4.24. The van der Waals surface area contributed by atoms with Crippen molar-refractivity contribution in [3.8, 4) is 0 Å². The van der Waals surface area contributed by atoms with E-state index in [1.165, 1.54) is 0 Å². The molecule has 0 spiro atoms. The molecule has 1 aromatic carbocycles. The number of esters is 1. The maximum atomic E-state index is 12.9. The molecule has 0 atom stereocenters. The van der Waals surface area contributed by atoms with E-state index in [1.54, 1.807) is 0 Å². The molecule has 2 heterocycles. The highest BCUT2D eigenvalue weighted by atomic mass is 16.5. The topological polar surface area (TPSA) is 91.2 Å². The number of carbonyl (C=O) groups excluding carboxylic acids is 2. The summed E-state index contributed by atoms with van der Waals surface area (Å²) in [7, 11) is 5.90. The zero-order valence-electron chi connectivity index (χ0n) is 20.9. The van der Waals surface area contributed by atoms with Gasteiger partial charge in [-0.3, -0.25) is 14.5 Å². The summed E-state index contributed by atoms with van der Waals surface area (Å²) in [4.78, 5) is 32.3. The van der Waals surface area contributed by atoms with E-state index in [2.05, 4.69) is 15.3 Å². The highest BCUT2D eigenvalue weighted by molar-refractivity contribution is 6.11. The van der Waals surface area contributed by atoms with Gasteiger partial charge in [-0.05, 0) is 71.0 Å². The van der Waals surface area contributed by atoms with Crippen LogP contribution in [0.15, 0.2) is 23.2 Å². The predicted molar refractivity (Wildman–Crippen MR) is 133 cm³/mol. The van der Waals surface area contributed by atoms with Crippen LogP contribution in [0.3, 0.4) is 0 Å². The van der Waals surface area contributed by atoms with E-state index in [4.69, 9.17) is 9.73 Å². The molecule has 2 aliphatic rings. The second kappa shape index (κ2) is 9.50. The van der Waals surface area contributed by atoms with Crippen molar-refractivity contribution in [1.82, 2.24) is 14.9 Å². The third-order valence-corrected chi connectivity index (χ3v) is 6.10. The minimum Gasteiger partial charge on any atom is -0.462 e. The maximum absolute atomic E-state index is 12.9. The number of amidine groups is 1. The van der Waals surface area contributed by atoms with Gasteiger partial charge in [0.15, 0.2) is 5.84 Å². The lowest BCUT2D eigenvalue weighted by Gasteiger charge is -2.30. The van der Waals surface area contributed by atoms with Gasteiger partial charge in [-0.15, -0.1) is 0 Å². The molecule has 1 aliphatic carbocycles. The Bertz CT molecular complexity index is 1150. The number of aryl methyl sites for hydroxylation is 1. The summed E-state index contributed by atoms with van der Waals surface area (Å²) >= 11 is 0. The zero-order chi connectivity index (χ0) is 24.6. The van der Waals surface area contributed by atoms with Gasteiger partial charge in [0.1, 0.15) is 12.4 Å². The first-order valence-corrected chi connectivity index (χ1v) is 11.7. The van der Waals surface area contributed by atoms with E-state index in [1.807, 2.05) is 70.0 Å². The van der Waals surface area contributed by atoms with Gasteiger partial charge in [0.25, 0.3) is 5.91 Å². The first kappa shape index (κ1) is 23.8. The standard InChI is InChI=1S/C25H34N6O3/c1-7-34-25(33)21-16(3)22-23(26-14-30(6)31(22)20(21)13-29(4)5)28-19-12-17(9-8-15(19)2)24(32)27-18-10-11-18/h8-9,12,18H,7,10-11,13-14H2,1-6H3,(H,26,28)(H,27,32). The quantitative estimate of drug-likeness (QED) is 0.610. The Hall–Kier alpha value is -3.33. The zero-order valence-corrected chi connectivity index (χ0v) is 20.9. The lowest BCUT2D eigenvalue weighted by molar-refractivity contribution is 0.0523. The minimum absolute atomic E-state index is 0.0618. The molecule has 2 N–H and O–H groups in total. The van der Waals surface area contributed by atoms with Crippen LogP contribution in [-0.4, -0.2) is 67.7 Å². The van der Waals surface area contributed by atoms with Crippen LogP contribution in [0.1, 0.15) is 63.0 Å². The SMILES string of the molecule is CCOC(=O)c1c(C)c2n(c1CN(C)C)N(C)CN=C2Nc1cc(C(=O)NC2CC2)ccc1C. The average Bonchev–Trinajstić information content (AvgIpc) is 3.54. The number of rotatable bonds is 7. The average molecular weight is 467 g/mol. The van der Waals surface area contributed by atoms with Crippen molar-refractivity contribution >= 4 is 23.4 Å². The first-order valence-electron chi connectivity index (χ1n) is 11.7. The van der Waals surface area contributed by atoms with E-state index in [0.29, 0.717) is 42.8 Å². The molecule has 1 saturated carbocycles. The molecule has 34 heavy (non-hydrogen) atoms. The number of nitrogens with zero attached hydrogens (tertiary/aromatic N) is 4. The lowest BCUT2D eigenvalue weighted by atomic mass is 10.1. The minimum atomic E-state index is -0.332. The van der Waals surface area contributed by atoms with Crippen molar-refractivity contribution in [3.63, 3.8) is 0 Å². The molecule has 1 aromatic heterocycles. The van der Waals surface area contributed by atoms with Crippen molar-refractivity contribution in [1.29, 1.82) is 0 Å². The summed E-state index contributed by atoms with van der Waals surface area (Å²) in [6.07, 6.45) is 2.09. The Morgan fingerprint density at radius 1 is 1.24 bits per heavy atom. The number of ether oxygens (including phenoxy) is 1. The van der Waals surface area contributed by atoms with Gasteiger partial charge < -0.3 is 20.3 Å². The normalized spacial score (nSPS) is 15.1. The van der Waals surface area contributed by atoms with Crippen LogP contribution in [0, 0.1) is 13.8 Å². The fraction of sp³-hybridized carbons (Fsp3) is 0.480. The second-order valence-corrected chi connectivity index (χ2v) is 9.27. The Morgan fingerprint density at radius 2 is 1.97 bits per heavy atom. The van der Waals surface area contributed by atoms with Crippen LogP contribution in [0.5, 0.6) is 0 Å². The van der Waals surface area contributed by atoms with Crippen LogP contribution >= 0.6 is 0 Å². The summed E-state index contributed by atoms with van der Waals surface area (Å²) in [6, 6.07) is 5.94. The smallest absolute Gasteiger partial charge is 0.340 e. The fourth-order valence-corrected chi connectivity index (χ4v) is 4.24. The van der Waals surface area contributed by atoms with Crippen LogP contribution in [0.4, 0.5) is 5.69 Å². The van der Waals surface area contributed by atoms with Crippen LogP contribution in [-0.2, 0) is 11.3 Å². The Labute approximate surface area is 200 Å². The molecule has 9 heteroatoms. The molecule has 1 fully saturated rings. The van der Waals surface area contributed by atoms with E-state index in [-0.39, 0.29) is 11.9 Å². The van der Waals surface area contributed by atoms with Crippen LogP contribution in [0.25, 0.3) is 0 Å². The Balaban J connectivity index is 1.74. The highest BCUT2D eigenvalue weighted by Gasteiger charge is 2.32. The van der Waals surface area contributed by atoms with Gasteiger partial charge in [0.2, 0.25) is 0 Å². The Morgan fingerprint density at radius 3 is 2.62 bits per heavy atom. The molecule has 9 nitrogen and oxygen atoms in total. The van der Waals surface area contributed by atoms with Gasteiger partial charge >= 0.3 is 5.97 Å². The molecular weight excluding hydrogens is 432 g/mol. The molecule has 1 aliphatic heterocycles. The summed E-state index contributed by atoms with van der Waals surface area (Å²) in [6.45, 7) is 7.04. The van der Waals surface area contributed by atoms with Crippen molar-refractivity contribution in [2.75, 3.05) is 44.7 Å². The molecular formula is C25H34N6O3. The Kier molecular flexibility index (Phi) is 6.65. The number of amides is 1. The predicted octanol–water partition coefficient (Wildman–Crippen LogP) is 2.63. The third-order valence-electron chi connectivity index (χ3n) is 6.10. The van der Waals surface area contributed by atoms with Gasteiger partial charge in [0.05, 0.1) is 17.9 Å². The monoisotopic (exact) mass is 466 g/mol. The number of nitrogens with one attached hydrogen (secondary N) is 2. The number of aliphatic imine (C=N–C) groups is 1. The molecule has 0 radical (unpaired) electrons. The summed E-state index contributed by atoms with van der Waals surface area (Å²) in [5.74, 6) is 0.267. The second-order valence-electron chi connectivity index (χ2n) is 9.27. The molecule has 0 saturated heterocycles. The van der Waals surface area contributed by atoms with Crippen molar-refractivity contribution in [2.24, 2.45) is 4.99 Å². The summed E-state index contributed by atoms with van der Waals surface area (Å²) in [5, 5.41) is 8.48. The van der Waals surface area contributed by atoms with E-state index < -0.39 is 0 Å². The van der Waals surface area contributed by atoms with Gasteiger partial charge in [0, 0.05) is 30.9 Å². The van der Waals surface area contributed by atoms with Crippen molar-refractivity contribution in [3.05, 3.63) is 51.8 Å². The maximum Gasteiger partial charge on any atom is 0.340 e. The number of anilines is 1. The largest absolute Gasteiger partial charge is 0.462 e. The molecule has 2 aromatic rings. The summed E-state index contributed by atoms with van der Waals surface area (Å²) in [5.41, 5.74) is 5.49.